The number of aromatic nitrogens is 6. The van der Waals surface area contributed by atoms with Crippen LogP contribution >= 0.6 is 0 Å². The molecule has 0 bridgehead atoms. The molecule has 0 unspecified atom stereocenters. The van der Waals surface area contributed by atoms with Crippen molar-refractivity contribution in [1.29, 1.82) is 0 Å². The van der Waals surface area contributed by atoms with E-state index in [1.807, 2.05) is 36.4 Å². The van der Waals surface area contributed by atoms with E-state index in [1.54, 1.807) is 0 Å². The van der Waals surface area contributed by atoms with E-state index < -0.39 is 0 Å². The lowest BCUT2D eigenvalue weighted by Crippen LogP contribution is -2.00. The van der Waals surface area contributed by atoms with Crippen LogP contribution in [0.3, 0.4) is 0 Å². The van der Waals surface area contributed by atoms with Crippen LogP contribution in [0.1, 0.15) is 0 Å². The molecule has 0 aliphatic carbocycles. The highest BCUT2D eigenvalue weighted by atomic mass is 14.9. The Kier molecular flexibility index (Phi) is 22.9. The quantitative estimate of drug-likeness (QED) is 0.0959. The summed E-state index contributed by atoms with van der Waals surface area (Å²) in [5.41, 5.74) is 39.1. The van der Waals surface area contributed by atoms with Crippen molar-refractivity contribution >= 4 is 54.6 Å². The maximum Gasteiger partial charge on any atom is 0.0985 e. The normalized spacial score (nSPS) is 11.1. The van der Waals surface area contributed by atoms with E-state index in [4.69, 9.17) is 29.9 Å². The summed E-state index contributed by atoms with van der Waals surface area (Å²) >= 11 is 0. The molecule has 21 aromatic carbocycles. The van der Waals surface area contributed by atoms with Gasteiger partial charge < -0.3 is 0 Å². The van der Waals surface area contributed by atoms with E-state index >= 15 is 0 Å². The van der Waals surface area contributed by atoms with Crippen molar-refractivity contribution < 1.29 is 0 Å². The molecule has 6 heteroatoms. The molecule has 0 N–H and O–H groups in total. The van der Waals surface area contributed by atoms with Gasteiger partial charge in [0, 0.05) is 66.8 Å². The van der Waals surface area contributed by atoms with Crippen LogP contribution in [0.25, 0.3) is 233 Å². The predicted octanol–water partition coefficient (Wildman–Crippen LogP) is 33.9. The average Bonchev–Trinajstić information content (AvgIpc) is 0.735. The minimum Gasteiger partial charge on any atom is -0.243 e. The molecule has 0 atom stereocenters. The Hall–Kier alpha value is -17.8. The molecule has 0 amide bonds. The van der Waals surface area contributed by atoms with E-state index in [0.29, 0.717) is 0 Å². The number of hydrogen-bond acceptors (Lipinski definition) is 6. The van der Waals surface area contributed by atoms with Gasteiger partial charge in [-0.15, -0.1) is 0 Å². The number of fused-ring (bicyclic) bond motifs is 5. The molecule has 0 aliphatic rings. The SMILES string of the molecule is c1ccc(-c2ccc(-c3cc(-c4ccccc4)c4nc(-c5ccccc5)c(-c5ccccc5)nc4c3-c3ccccc3)cc2)cc1.c1ccc(-c2nc3c(-c4ccccc4)cc(-c4ccc5ccccc5c4)c(-c4ccccc4)c3nc2-c2ccccc2)cc1.c1ccc(-c2nc3c(-c4ccccc4)cc(-c4cccc5ccccc45)c(-c4ccccc4)c3nc2-c2ccccc2)cc1. The van der Waals surface area contributed by atoms with Gasteiger partial charge in [-0.25, -0.2) is 29.9 Å². The molecule has 3 heterocycles. The van der Waals surface area contributed by atoms with E-state index in [2.05, 4.69) is 485 Å². The Bertz CT molecular complexity index is 8290. The van der Waals surface area contributed by atoms with Gasteiger partial charge in [-0.2, -0.15) is 0 Å². The van der Waals surface area contributed by atoms with Crippen molar-refractivity contribution in [3.8, 4) is 179 Å². The van der Waals surface area contributed by atoms with Gasteiger partial charge in [-0.3, -0.25) is 0 Å². The third-order valence-corrected chi connectivity index (χ3v) is 25.0. The van der Waals surface area contributed by atoms with Crippen LogP contribution in [-0.2, 0) is 0 Å². The summed E-state index contributed by atoms with van der Waals surface area (Å²) in [5, 5.41) is 4.85. The fraction of sp³-hybridized carbons (Fsp3) is 0. The van der Waals surface area contributed by atoms with Gasteiger partial charge in [0.2, 0.25) is 0 Å². The molecule has 134 heavy (non-hydrogen) atoms. The molecule has 24 rings (SSSR count). The van der Waals surface area contributed by atoms with Crippen LogP contribution in [0.4, 0.5) is 0 Å². The molecule has 628 valence electrons. The lowest BCUT2D eigenvalue weighted by molar-refractivity contribution is 1.29. The van der Waals surface area contributed by atoms with Crippen LogP contribution < -0.4 is 0 Å². The first-order valence-corrected chi connectivity index (χ1v) is 45.5. The van der Waals surface area contributed by atoms with E-state index in [0.717, 1.165) is 195 Å². The largest absolute Gasteiger partial charge is 0.243 e. The summed E-state index contributed by atoms with van der Waals surface area (Å²) in [6, 6.07) is 183. The number of benzene rings is 21. The second-order valence-corrected chi connectivity index (χ2v) is 33.3. The third-order valence-electron chi connectivity index (χ3n) is 25.0. The van der Waals surface area contributed by atoms with E-state index in [1.165, 1.54) is 38.2 Å². The Morgan fingerprint density at radius 3 is 0.657 bits per heavy atom. The lowest BCUT2D eigenvalue weighted by Gasteiger charge is -2.20. The summed E-state index contributed by atoms with van der Waals surface area (Å²) in [5.74, 6) is 0. The zero-order valence-electron chi connectivity index (χ0n) is 73.3. The van der Waals surface area contributed by atoms with Crippen LogP contribution in [0, 0.1) is 0 Å². The first-order valence-electron chi connectivity index (χ1n) is 45.5. The fourth-order valence-electron chi connectivity index (χ4n) is 18.6. The van der Waals surface area contributed by atoms with Crippen LogP contribution in [0.15, 0.2) is 522 Å². The Morgan fingerprint density at radius 2 is 0.321 bits per heavy atom. The zero-order valence-corrected chi connectivity index (χ0v) is 73.3. The minimum absolute atomic E-state index is 0.868. The van der Waals surface area contributed by atoms with Gasteiger partial charge >= 0.3 is 0 Å². The van der Waals surface area contributed by atoms with Crippen molar-refractivity contribution in [1.82, 2.24) is 29.9 Å². The molecule has 0 saturated carbocycles. The van der Waals surface area contributed by atoms with Crippen LogP contribution in [0.5, 0.6) is 0 Å². The lowest BCUT2D eigenvalue weighted by atomic mass is 9.87. The molecular weight excluding hydrogens is 1620 g/mol. The smallest absolute Gasteiger partial charge is 0.0985 e. The zero-order chi connectivity index (χ0) is 89.3. The second-order valence-electron chi connectivity index (χ2n) is 33.3. The van der Waals surface area contributed by atoms with E-state index in [-0.39, 0.29) is 0 Å². The van der Waals surface area contributed by atoms with Crippen molar-refractivity contribution in [3.05, 3.63) is 522 Å². The standard InChI is InChI=1S/C44H30N2.2C42H28N2/c1-6-16-31(17-7-1)32-26-28-34(29-27-32)38-30-39(33-18-8-2-9-19-33)43-44(40(38)35-20-10-3-11-21-35)46-42(37-24-14-5-15-25-37)41(45-43)36-22-12-4-13-23-36;1-5-16-30(17-6-1)36-28-37(35-27-15-25-29-18-13-14-26-34(29)35)38(31-19-7-2-8-20-31)42-41(36)43-39(32-21-9-3-10-22-32)40(44-42)33-23-11-4-12-24-33;1-5-16-30(17-6-1)37-28-36(35-26-25-29-15-13-14-24-34(29)27-35)38(31-18-7-2-8-19-31)42-41(37)43-39(32-20-9-3-10-21-32)40(44-42)33-22-11-4-12-23-33/h1-30H;2*1-28H. The maximum absolute atomic E-state index is 5.59. The molecule has 0 radical (unpaired) electrons. The number of rotatable bonds is 16. The van der Waals surface area contributed by atoms with E-state index in [9.17, 15) is 0 Å². The van der Waals surface area contributed by atoms with Crippen molar-refractivity contribution in [2.75, 3.05) is 0 Å². The van der Waals surface area contributed by atoms with Crippen molar-refractivity contribution in [3.63, 3.8) is 0 Å². The summed E-state index contributed by atoms with van der Waals surface area (Å²) in [7, 11) is 0. The first-order chi connectivity index (χ1) is 66.5. The van der Waals surface area contributed by atoms with Crippen LogP contribution in [0.2, 0.25) is 0 Å². The third kappa shape index (κ3) is 16.6. The Morgan fingerprint density at radius 1 is 0.104 bits per heavy atom. The van der Waals surface area contributed by atoms with Gasteiger partial charge in [0.1, 0.15) is 0 Å². The summed E-state index contributed by atoms with van der Waals surface area (Å²) in [4.78, 5) is 33.3. The molecule has 0 aliphatic heterocycles. The summed E-state index contributed by atoms with van der Waals surface area (Å²) in [6.07, 6.45) is 0. The predicted molar refractivity (Wildman–Crippen MR) is 561 cm³/mol. The van der Waals surface area contributed by atoms with Gasteiger partial charge in [0.25, 0.3) is 0 Å². The van der Waals surface area contributed by atoms with Gasteiger partial charge in [-0.1, -0.05) is 497 Å². The Balaban J connectivity index is 0.000000117. The minimum atomic E-state index is 0.868. The van der Waals surface area contributed by atoms with Gasteiger partial charge in [0.15, 0.2) is 0 Å². The Labute approximate surface area is 779 Å². The van der Waals surface area contributed by atoms with Crippen molar-refractivity contribution in [2.24, 2.45) is 0 Å². The topological polar surface area (TPSA) is 77.3 Å². The maximum atomic E-state index is 5.59. The molecule has 6 nitrogen and oxygen atoms in total. The monoisotopic (exact) mass is 1710 g/mol. The second kappa shape index (κ2) is 37.5. The highest BCUT2D eigenvalue weighted by Gasteiger charge is 2.28. The summed E-state index contributed by atoms with van der Waals surface area (Å²) < 4.78 is 0. The summed E-state index contributed by atoms with van der Waals surface area (Å²) in [6.45, 7) is 0. The number of nitrogens with zero attached hydrogens (tertiary/aromatic N) is 6. The molecular formula is C128H86N6. The van der Waals surface area contributed by atoms with Crippen molar-refractivity contribution in [2.45, 2.75) is 0 Å². The molecule has 24 aromatic rings. The molecule has 0 saturated heterocycles. The average molecular weight is 1710 g/mol. The highest BCUT2D eigenvalue weighted by molar-refractivity contribution is 6.14. The highest BCUT2D eigenvalue weighted by Crippen LogP contribution is 2.50. The molecule has 3 aromatic heterocycles. The van der Waals surface area contributed by atoms with Crippen LogP contribution in [-0.4, -0.2) is 29.9 Å². The molecule has 0 fully saturated rings. The fourth-order valence-corrected chi connectivity index (χ4v) is 18.6. The first kappa shape index (κ1) is 81.9. The van der Waals surface area contributed by atoms with Gasteiger partial charge in [0.05, 0.1) is 67.3 Å². The number of hydrogen-bond donors (Lipinski definition) is 0. The molecule has 0 spiro atoms. The van der Waals surface area contributed by atoms with Gasteiger partial charge in [-0.05, 0) is 124 Å².